The molecule has 0 aromatic heterocycles. The predicted octanol–water partition coefficient (Wildman–Crippen LogP) is -0.0326. The molecule has 0 saturated heterocycles. The lowest BCUT2D eigenvalue weighted by atomic mass is 9.95. The van der Waals surface area contributed by atoms with Gasteiger partial charge in [0.1, 0.15) is 0 Å². The molecule has 1 aliphatic rings. The minimum absolute atomic E-state index is 0.0958. The number of ketones is 2. The van der Waals surface area contributed by atoms with Gasteiger partial charge in [-0.1, -0.05) is 6.92 Å². The number of carbonyl (C=O) groups excluding carboxylic acids is 3. The quantitative estimate of drug-likeness (QED) is 0.432. The maximum absolute atomic E-state index is 11.8. The van der Waals surface area contributed by atoms with E-state index in [1.165, 1.54) is 6.92 Å². The number of alkyl halides is 3. The molecule has 8 heteroatoms. The molecule has 1 fully saturated rings. The van der Waals surface area contributed by atoms with Gasteiger partial charge in [-0.05, 0) is 6.42 Å². The Kier molecular flexibility index (Phi) is 3.28. The monoisotopic (exact) mass is 253 g/mol. The molecule has 1 aliphatic carbocycles. The normalized spacial score (nSPS) is 20.1. The van der Waals surface area contributed by atoms with Crippen molar-refractivity contribution in [1.29, 1.82) is 0 Å². The minimum Gasteiger partial charge on any atom is -0.455 e. The van der Waals surface area contributed by atoms with Gasteiger partial charge in [0.15, 0.2) is 6.61 Å². The van der Waals surface area contributed by atoms with Gasteiger partial charge in [-0.3, -0.25) is 14.4 Å². The lowest BCUT2D eigenvalue weighted by Gasteiger charge is -2.17. The summed E-state index contributed by atoms with van der Waals surface area (Å²) in [6.45, 7) is -0.340. The molecule has 1 unspecified atom stereocenters. The van der Waals surface area contributed by atoms with E-state index in [4.69, 9.17) is 5.73 Å². The number of carbonyl (C=O) groups is 3. The number of nitrogens with two attached hydrogens (primary N) is 1. The molecule has 96 valence electrons. The van der Waals surface area contributed by atoms with Crippen molar-refractivity contribution >= 4 is 17.5 Å². The molecule has 5 nitrogen and oxygen atoms in total. The van der Waals surface area contributed by atoms with Crippen molar-refractivity contribution in [2.75, 3.05) is 6.61 Å². The van der Waals surface area contributed by atoms with Crippen molar-refractivity contribution in [2.24, 2.45) is 11.1 Å². The molecule has 0 spiro atoms. The van der Waals surface area contributed by atoms with Gasteiger partial charge in [0, 0.05) is 6.04 Å². The van der Waals surface area contributed by atoms with E-state index in [2.05, 4.69) is 4.74 Å². The highest BCUT2D eigenvalue weighted by molar-refractivity contribution is 6.70. The molecule has 0 bridgehead atoms. The summed E-state index contributed by atoms with van der Waals surface area (Å²) >= 11 is 0. The highest BCUT2D eigenvalue weighted by atomic mass is 19.4. The van der Waals surface area contributed by atoms with Gasteiger partial charge >= 0.3 is 12.1 Å². The third-order valence-electron chi connectivity index (χ3n) is 2.54. The fourth-order valence-electron chi connectivity index (χ4n) is 1.49. The van der Waals surface area contributed by atoms with Crippen LogP contribution >= 0.6 is 0 Å². The Morgan fingerprint density at radius 2 is 1.88 bits per heavy atom. The smallest absolute Gasteiger partial charge is 0.422 e. The summed E-state index contributed by atoms with van der Waals surface area (Å²) in [5, 5.41) is 0. The molecule has 1 saturated carbocycles. The highest BCUT2D eigenvalue weighted by Crippen LogP contribution is 2.42. The summed E-state index contributed by atoms with van der Waals surface area (Å²) in [6, 6.07) is -1.15. The van der Waals surface area contributed by atoms with Crippen LogP contribution in [0.3, 0.4) is 0 Å². The third-order valence-corrected chi connectivity index (χ3v) is 2.54. The molecule has 0 amide bonds. The van der Waals surface area contributed by atoms with E-state index < -0.39 is 41.8 Å². The second-order valence-corrected chi connectivity index (χ2v) is 3.67. The summed E-state index contributed by atoms with van der Waals surface area (Å²) in [6.07, 6.45) is -4.62. The number of ether oxygens (including phenoxy) is 1. The lowest BCUT2D eigenvalue weighted by Crippen LogP contribution is -2.42. The maximum Gasteiger partial charge on any atom is 0.422 e. The average Bonchev–Trinajstić information content (AvgIpc) is 2.77. The second kappa shape index (κ2) is 4.10. The van der Waals surface area contributed by atoms with Gasteiger partial charge < -0.3 is 10.5 Å². The molecule has 1 rings (SSSR count). The van der Waals surface area contributed by atoms with Gasteiger partial charge in [0.05, 0.1) is 0 Å². The van der Waals surface area contributed by atoms with Crippen LogP contribution < -0.4 is 5.73 Å². The predicted molar refractivity (Wildman–Crippen MR) is 47.7 cm³/mol. The molecule has 1 atom stereocenters. The third kappa shape index (κ3) is 2.17. The Balaban J connectivity index is 2.79. The highest BCUT2D eigenvalue weighted by Gasteiger charge is 2.75. The molecule has 17 heavy (non-hydrogen) atoms. The SMILES string of the molecule is CCC(N)C1(C(=O)OCC(F)(F)F)C(=O)C1=O. The van der Waals surface area contributed by atoms with Crippen LogP contribution in [0.5, 0.6) is 0 Å². The van der Waals surface area contributed by atoms with Crippen molar-refractivity contribution in [3.8, 4) is 0 Å². The topological polar surface area (TPSA) is 86.5 Å². The first-order chi connectivity index (χ1) is 7.67. The summed E-state index contributed by atoms with van der Waals surface area (Å²) < 4.78 is 39.4. The van der Waals surface area contributed by atoms with E-state index in [-0.39, 0.29) is 6.42 Å². The van der Waals surface area contributed by atoms with Crippen LogP contribution in [0.15, 0.2) is 0 Å². The molecule has 0 aromatic rings. The van der Waals surface area contributed by atoms with Gasteiger partial charge in [-0.25, -0.2) is 0 Å². The molecular formula is C9H10F3NO4. The summed E-state index contributed by atoms with van der Waals surface area (Å²) in [4.78, 5) is 33.5. The number of esters is 1. The van der Waals surface area contributed by atoms with Crippen molar-refractivity contribution in [1.82, 2.24) is 0 Å². The lowest BCUT2D eigenvalue weighted by molar-refractivity contribution is -0.190. The van der Waals surface area contributed by atoms with E-state index in [0.29, 0.717) is 0 Å². The standard InChI is InChI=1S/C9H10F3NO4/c1-2-4(13)9(5(14)6(9)15)7(16)17-3-8(10,11)12/h4H,2-3,13H2,1H3. The number of halogens is 3. The van der Waals surface area contributed by atoms with E-state index >= 15 is 0 Å². The van der Waals surface area contributed by atoms with Gasteiger partial charge in [0.25, 0.3) is 0 Å². The Hall–Kier alpha value is -1.44. The Labute approximate surface area is 94.1 Å². The zero-order chi connectivity index (χ0) is 13.4. The first kappa shape index (κ1) is 13.6. The number of hydrogen-bond donors (Lipinski definition) is 1. The summed E-state index contributed by atoms with van der Waals surface area (Å²) in [5.41, 5.74) is 3.20. The molecule has 0 aliphatic heterocycles. The number of hydrogen-bond acceptors (Lipinski definition) is 5. The molecule has 0 radical (unpaired) electrons. The fraction of sp³-hybridized carbons (Fsp3) is 0.667. The van der Waals surface area contributed by atoms with Crippen molar-refractivity contribution in [3.63, 3.8) is 0 Å². The van der Waals surface area contributed by atoms with Crippen LogP contribution in [-0.2, 0) is 19.1 Å². The molecule has 0 aromatic carbocycles. The van der Waals surface area contributed by atoms with Gasteiger partial charge in [-0.2, -0.15) is 13.2 Å². The number of Topliss-reactive ketones (excluding diaryl/α,β-unsaturated/α-hetero) is 2. The Bertz CT molecular complexity index is 363. The van der Waals surface area contributed by atoms with Crippen LogP contribution in [0.4, 0.5) is 13.2 Å². The molecule has 0 heterocycles. The largest absolute Gasteiger partial charge is 0.455 e. The van der Waals surface area contributed by atoms with E-state index in [1.54, 1.807) is 0 Å². The zero-order valence-corrected chi connectivity index (χ0v) is 8.84. The van der Waals surface area contributed by atoms with Gasteiger partial charge in [-0.15, -0.1) is 0 Å². The minimum atomic E-state index is -4.71. The van der Waals surface area contributed by atoms with Crippen LogP contribution in [0.2, 0.25) is 0 Å². The van der Waals surface area contributed by atoms with E-state index in [1.807, 2.05) is 0 Å². The van der Waals surface area contributed by atoms with Crippen molar-refractivity contribution in [2.45, 2.75) is 25.6 Å². The number of rotatable bonds is 4. The van der Waals surface area contributed by atoms with E-state index in [9.17, 15) is 27.6 Å². The summed E-state index contributed by atoms with van der Waals surface area (Å²) in [7, 11) is 0. The van der Waals surface area contributed by atoms with Crippen molar-refractivity contribution < 1.29 is 32.3 Å². The van der Waals surface area contributed by atoms with Crippen molar-refractivity contribution in [3.05, 3.63) is 0 Å². The van der Waals surface area contributed by atoms with Crippen LogP contribution in [0.1, 0.15) is 13.3 Å². The summed E-state index contributed by atoms with van der Waals surface area (Å²) in [5.74, 6) is -3.68. The van der Waals surface area contributed by atoms with Gasteiger partial charge in [0.2, 0.25) is 17.0 Å². The van der Waals surface area contributed by atoms with Crippen LogP contribution in [0, 0.1) is 5.41 Å². The molecular weight excluding hydrogens is 243 g/mol. The second-order valence-electron chi connectivity index (χ2n) is 3.67. The average molecular weight is 253 g/mol. The first-order valence-electron chi connectivity index (χ1n) is 4.76. The Morgan fingerprint density at radius 3 is 2.18 bits per heavy atom. The maximum atomic E-state index is 11.8. The Morgan fingerprint density at radius 1 is 1.41 bits per heavy atom. The van der Waals surface area contributed by atoms with E-state index in [0.717, 1.165) is 0 Å². The van der Waals surface area contributed by atoms with Crippen LogP contribution in [-0.4, -0.2) is 36.4 Å². The van der Waals surface area contributed by atoms with Crippen LogP contribution in [0.25, 0.3) is 0 Å². The fourth-order valence-corrected chi connectivity index (χ4v) is 1.49. The zero-order valence-electron chi connectivity index (χ0n) is 8.84. The first-order valence-corrected chi connectivity index (χ1v) is 4.76. The molecule has 2 N–H and O–H groups in total.